The molecule has 162 valence electrons. The Labute approximate surface area is 178 Å². The number of hydrogen-bond donors (Lipinski definition) is 0. The Kier molecular flexibility index (Phi) is 5.13. The quantitative estimate of drug-likeness (QED) is 0.229. The van der Waals surface area contributed by atoms with Crippen LogP contribution in [0.15, 0.2) is 69.7 Å². The average Bonchev–Trinajstić information content (AvgIpc) is 3.35. The molecule has 4 rings (SSSR count). The third-order valence-corrected chi connectivity index (χ3v) is 4.65. The molecule has 0 aliphatic carbocycles. The molecule has 1 aromatic heterocycles. The number of nitrogens with zero attached hydrogens (tertiary/aromatic N) is 2. The highest BCUT2D eigenvalue weighted by Crippen LogP contribution is 2.33. The first-order valence-corrected chi connectivity index (χ1v) is 9.17. The largest absolute Gasteiger partial charge is 0.457 e. The Balaban J connectivity index is 1.62. The summed E-state index contributed by atoms with van der Waals surface area (Å²) >= 11 is 0. The smallest absolute Gasteiger partial charge is 0.416 e. The van der Waals surface area contributed by atoms with Gasteiger partial charge in [-0.25, -0.2) is 9.79 Å². The highest BCUT2D eigenvalue weighted by atomic mass is 19.4. The zero-order chi connectivity index (χ0) is 23.0. The minimum absolute atomic E-state index is 0.103. The number of aliphatic imine (C=N–C) groups is 1. The molecule has 10 heteroatoms. The monoisotopic (exact) mass is 442 g/mol. The van der Waals surface area contributed by atoms with Crippen LogP contribution in [0.2, 0.25) is 0 Å². The van der Waals surface area contributed by atoms with Crippen molar-refractivity contribution in [3.8, 4) is 11.3 Å². The Bertz CT molecular complexity index is 1300. The molecule has 0 atom stereocenters. The Hall–Kier alpha value is -4.21. The summed E-state index contributed by atoms with van der Waals surface area (Å²) in [6.45, 7) is 1.58. The van der Waals surface area contributed by atoms with Gasteiger partial charge in [0.15, 0.2) is 5.70 Å². The van der Waals surface area contributed by atoms with Gasteiger partial charge in [-0.2, -0.15) is 13.2 Å². The van der Waals surface area contributed by atoms with Crippen molar-refractivity contribution in [3.63, 3.8) is 0 Å². The zero-order valence-corrected chi connectivity index (χ0v) is 16.3. The fourth-order valence-electron chi connectivity index (χ4n) is 3.04. The normalized spacial score (nSPS) is 15.1. The number of hydrogen-bond acceptors (Lipinski definition) is 6. The summed E-state index contributed by atoms with van der Waals surface area (Å²) in [4.78, 5) is 26.8. The van der Waals surface area contributed by atoms with Crippen LogP contribution in [0.25, 0.3) is 17.4 Å². The lowest BCUT2D eigenvalue weighted by Crippen LogP contribution is -2.06. The van der Waals surface area contributed by atoms with Crippen LogP contribution in [0.5, 0.6) is 0 Å². The summed E-state index contributed by atoms with van der Waals surface area (Å²) in [5.74, 6) is -0.550. The zero-order valence-electron chi connectivity index (χ0n) is 16.3. The summed E-state index contributed by atoms with van der Waals surface area (Å²) in [6.07, 6.45) is -3.22. The summed E-state index contributed by atoms with van der Waals surface area (Å²) in [5, 5.41) is 11.1. The van der Waals surface area contributed by atoms with E-state index in [0.717, 1.165) is 12.1 Å². The van der Waals surface area contributed by atoms with Crippen molar-refractivity contribution in [2.45, 2.75) is 13.1 Å². The molecular weight excluding hydrogens is 429 g/mol. The maximum atomic E-state index is 12.9. The van der Waals surface area contributed by atoms with E-state index < -0.39 is 22.6 Å². The second kappa shape index (κ2) is 7.80. The van der Waals surface area contributed by atoms with Crippen LogP contribution in [-0.2, 0) is 15.7 Å². The van der Waals surface area contributed by atoms with E-state index in [1.54, 1.807) is 6.92 Å². The van der Waals surface area contributed by atoms with Crippen LogP contribution in [0.4, 0.5) is 18.9 Å². The minimum atomic E-state index is -4.49. The van der Waals surface area contributed by atoms with Gasteiger partial charge in [0, 0.05) is 28.8 Å². The molecule has 0 fully saturated rings. The lowest BCUT2D eigenvalue weighted by atomic mass is 10.1. The molecule has 32 heavy (non-hydrogen) atoms. The number of rotatable bonds is 4. The van der Waals surface area contributed by atoms with Gasteiger partial charge in [0.05, 0.1) is 10.5 Å². The third-order valence-electron chi connectivity index (χ3n) is 4.65. The topological polar surface area (TPSA) is 94.9 Å². The van der Waals surface area contributed by atoms with Crippen LogP contribution in [0.3, 0.4) is 0 Å². The molecule has 0 saturated heterocycles. The SMILES string of the molecule is Cc1ccc(C2=N/C(=C\c3ccc(-c4cccc(C(F)(F)F)c4)o3)C(=O)O2)cc1[N+](=O)[O-]. The van der Waals surface area contributed by atoms with Crippen molar-refractivity contribution in [3.05, 3.63) is 92.9 Å². The first-order chi connectivity index (χ1) is 15.1. The Morgan fingerprint density at radius 2 is 1.84 bits per heavy atom. The number of carbonyl (C=O) groups excluding carboxylic acids is 1. The van der Waals surface area contributed by atoms with E-state index in [1.165, 1.54) is 48.5 Å². The number of furan rings is 1. The summed E-state index contributed by atoms with van der Waals surface area (Å²) in [5.41, 5.74) is -0.161. The minimum Gasteiger partial charge on any atom is -0.457 e. The van der Waals surface area contributed by atoms with E-state index in [1.807, 2.05) is 0 Å². The second-order valence-corrected chi connectivity index (χ2v) is 6.88. The van der Waals surface area contributed by atoms with E-state index in [0.29, 0.717) is 5.56 Å². The van der Waals surface area contributed by atoms with Crippen LogP contribution >= 0.6 is 0 Å². The number of ether oxygens (including phenoxy) is 1. The van der Waals surface area contributed by atoms with Gasteiger partial charge in [0.2, 0.25) is 5.90 Å². The molecule has 2 heterocycles. The maximum Gasteiger partial charge on any atom is 0.416 e. The molecule has 0 radical (unpaired) electrons. The fraction of sp³-hybridized carbons (Fsp3) is 0.0909. The van der Waals surface area contributed by atoms with Gasteiger partial charge in [-0.15, -0.1) is 0 Å². The van der Waals surface area contributed by atoms with Gasteiger partial charge < -0.3 is 9.15 Å². The number of cyclic esters (lactones) is 1. The van der Waals surface area contributed by atoms with Crippen molar-refractivity contribution in [2.24, 2.45) is 4.99 Å². The molecule has 1 aliphatic heterocycles. The van der Waals surface area contributed by atoms with Crippen molar-refractivity contribution in [1.82, 2.24) is 0 Å². The van der Waals surface area contributed by atoms with Crippen molar-refractivity contribution in [2.75, 3.05) is 0 Å². The standard InChI is InChI=1S/C22H13F3N2O5/c1-12-5-6-14(10-18(12)27(29)30)20-26-17(21(28)32-20)11-16-7-8-19(31-16)13-3-2-4-15(9-13)22(23,24)25/h2-11H,1H3/b17-11-. The van der Waals surface area contributed by atoms with Crippen molar-refractivity contribution in [1.29, 1.82) is 0 Å². The number of carbonyl (C=O) groups is 1. The Morgan fingerprint density at radius 3 is 2.56 bits per heavy atom. The molecule has 2 aromatic carbocycles. The van der Waals surface area contributed by atoms with E-state index >= 15 is 0 Å². The molecular formula is C22H13F3N2O5. The second-order valence-electron chi connectivity index (χ2n) is 6.88. The average molecular weight is 442 g/mol. The van der Waals surface area contributed by atoms with E-state index in [4.69, 9.17) is 9.15 Å². The number of aryl methyl sites for hydroxylation is 1. The number of nitro benzene ring substituents is 1. The first-order valence-electron chi connectivity index (χ1n) is 9.17. The van der Waals surface area contributed by atoms with E-state index in [-0.39, 0.29) is 39.9 Å². The van der Waals surface area contributed by atoms with Crippen molar-refractivity contribution < 1.29 is 32.0 Å². The molecule has 0 saturated carbocycles. The van der Waals surface area contributed by atoms with Crippen LogP contribution in [0, 0.1) is 17.0 Å². The highest BCUT2D eigenvalue weighted by Gasteiger charge is 2.31. The predicted octanol–water partition coefficient (Wildman–Crippen LogP) is 5.53. The van der Waals surface area contributed by atoms with Gasteiger partial charge in [-0.3, -0.25) is 10.1 Å². The predicted molar refractivity (Wildman–Crippen MR) is 108 cm³/mol. The van der Waals surface area contributed by atoms with Crippen LogP contribution in [0.1, 0.15) is 22.5 Å². The molecule has 1 aliphatic rings. The number of benzene rings is 2. The first kappa shape index (κ1) is 21.0. The Morgan fingerprint density at radius 1 is 1.06 bits per heavy atom. The van der Waals surface area contributed by atoms with Gasteiger partial charge in [-0.05, 0) is 37.3 Å². The lowest BCUT2D eigenvalue weighted by Gasteiger charge is -2.07. The number of alkyl halides is 3. The van der Waals surface area contributed by atoms with E-state index in [9.17, 15) is 28.1 Å². The van der Waals surface area contributed by atoms with Gasteiger partial charge >= 0.3 is 12.1 Å². The number of halogens is 3. The highest BCUT2D eigenvalue weighted by molar-refractivity contribution is 6.13. The molecule has 0 amide bonds. The molecule has 0 bridgehead atoms. The molecule has 7 nitrogen and oxygen atoms in total. The van der Waals surface area contributed by atoms with Crippen LogP contribution < -0.4 is 0 Å². The number of nitro groups is 1. The summed E-state index contributed by atoms with van der Waals surface area (Å²) in [6, 6.07) is 11.9. The fourth-order valence-corrected chi connectivity index (χ4v) is 3.04. The summed E-state index contributed by atoms with van der Waals surface area (Å²) < 4.78 is 49.4. The van der Waals surface area contributed by atoms with E-state index in [2.05, 4.69) is 4.99 Å². The maximum absolute atomic E-state index is 12.9. The molecule has 0 unspecified atom stereocenters. The number of esters is 1. The summed E-state index contributed by atoms with van der Waals surface area (Å²) in [7, 11) is 0. The van der Waals surface area contributed by atoms with Crippen LogP contribution in [-0.4, -0.2) is 16.8 Å². The molecule has 0 spiro atoms. The molecule has 0 N–H and O–H groups in total. The third kappa shape index (κ3) is 4.15. The molecule has 3 aromatic rings. The van der Waals surface area contributed by atoms with Crippen molar-refractivity contribution >= 4 is 23.6 Å². The van der Waals surface area contributed by atoms with Gasteiger partial charge in [0.25, 0.3) is 5.69 Å². The van der Waals surface area contributed by atoms with Gasteiger partial charge in [-0.1, -0.05) is 18.2 Å². The van der Waals surface area contributed by atoms with Gasteiger partial charge in [0.1, 0.15) is 11.5 Å². The lowest BCUT2D eigenvalue weighted by molar-refractivity contribution is -0.385.